The van der Waals surface area contributed by atoms with Gasteiger partial charge in [-0.3, -0.25) is 4.79 Å². The van der Waals surface area contributed by atoms with Crippen molar-refractivity contribution in [2.75, 3.05) is 6.61 Å². The van der Waals surface area contributed by atoms with Crippen LogP contribution in [0.5, 0.6) is 0 Å². The SMILES string of the molecule is CCOC(=O)CC(/C=C(\O[Si](C)(C)C(C)(C)C)c1ccccc1)c1ccccc1. The number of ether oxygens (including phenoxy) is 1. The Kier molecular flexibility index (Phi) is 7.85. The van der Waals surface area contributed by atoms with E-state index in [1.54, 1.807) is 0 Å². The van der Waals surface area contributed by atoms with Crippen molar-refractivity contribution in [1.82, 2.24) is 0 Å². The van der Waals surface area contributed by atoms with Crippen LogP contribution < -0.4 is 0 Å². The molecule has 2 rings (SSSR count). The molecule has 3 nitrogen and oxygen atoms in total. The first-order valence-electron chi connectivity index (χ1n) is 10.3. The van der Waals surface area contributed by atoms with Gasteiger partial charge in [-0.25, -0.2) is 0 Å². The fraction of sp³-hybridized carbons (Fsp3) is 0.400. The van der Waals surface area contributed by atoms with E-state index >= 15 is 0 Å². The van der Waals surface area contributed by atoms with Crippen molar-refractivity contribution in [1.29, 1.82) is 0 Å². The van der Waals surface area contributed by atoms with Gasteiger partial charge in [-0.15, -0.1) is 0 Å². The average Bonchev–Trinajstić information content (AvgIpc) is 2.67. The molecule has 156 valence electrons. The highest BCUT2D eigenvalue weighted by Gasteiger charge is 2.39. The Labute approximate surface area is 176 Å². The van der Waals surface area contributed by atoms with Crippen molar-refractivity contribution in [2.45, 2.75) is 58.2 Å². The Morgan fingerprint density at radius 2 is 1.55 bits per heavy atom. The molecular weight excluding hydrogens is 376 g/mol. The Balaban J connectivity index is 2.50. The van der Waals surface area contributed by atoms with Crippen LogP contribution in [0.4, 0.5) is 0 Å². The molecule has 0 spiro atoms. The third kappa shape index (κ3) is 6.60. The lowest BCUT2D eigenvalue weighted by Crippen LogP contribution is -2.40. The molecule has 0 aliphatic carbocycles. The van der Waals surface area contributed by atoms with Gasteiger partial charge in [0.15, 0.2) is 0 Å². The van der Waals surface area contributed by atoms with E-state index in [1.165, 1.54) is 0 Å². The molecule has 2 aromatic rings. The minimum absolute atomic E-state index is 0.0737. The van der Waals surface area contributed by atoms with Crippen LogP contribution >= 0.6 is 0 Å². The summed E-state index contributed by atoms with van der Waals surface area (Å²) in [5, 5.41) is 0.0737. The summed E-state index contributed by atoms with van der Waals surface area (Å²) >= 11 is 0. The normalized spacial score (nSPS) is 13.7. The summed E-state index contributed by atoms with van der Waals surface area (Å²) in [6.45, 7) is 13.4. The molecule has 0 bridgehead atoms. The molecule has 2 aromatic carbocycles. The molecule has 1 unspecified atom stereocenters. The van der Waals surface area contributed by atoms with Crippen LogP contribution in [-0.4, -0.2) is 20.9 Å². The van der Waals surface area contributed by atoms with E-state index in [1.807, 2.05) is 43.3 Å². The van der Waals surface area contributed by atoms with Gasteiger partial charge in [0.05, 0.1) is 13.0 Å². The maximum absolute atomic E-state index is 12.3. The molecule has 0 radical (unpaired) electrons. The summed E-state index contributed by atoms with van der Waals surface area (Å²) in [7, 11) is -2.06. The third-order valence-electron chi connectivity index (χ3n) is 5.50. The van der Waals surface area contributed by atoms with Crippen molar-refractivity contribution in [3.05, 3.63) is 77.9 Å². The fourth-order valence-corrected chi connectivity index (χ4v) is 3.82. The summed E-state index contributed by atoms with van der Waals surface area (Å²) < 4.78 is 12.0. The summed E-state index contributed by atoms with van der Waals surface area (Å²) in [6.07, 6.45) is 2.39. The number of hydrogen-bond donors (Lipinski definition) is 0. The lowest BCUT2D eigenvalue weighted by atomic mass is 9.94. The lowest BCUT2D eigenvalue weighted by molar-refractivity contribution is -0.143. The molecule has 1 atom stereocenters. The monoisotopic (exact) mass is 410 g/mol. The first-order chi connectivity index (χ1) is 13.6. The van der Waals surface area contributed by atoms with Gasteiger partial charge >= 0.3 is 5.97 Å². The minimum Gasteiger partial charge on any atom is -0.543 e. The highest BCUT2D eigenvalue weighted by atomic mass is 28.4. The summed E-state index contributed by atoms with van der Waals surface area (Å²) in [4.78, 5) is 12.3. The van der Waals surface area contributed by atoms with Crippen LogP contribution in [0.25, 0.3) is 5.76 Å². The van der Waals surface area contributed by atoms with Crippen LogP contribution in [0.15, 0.2) is 66.7 Å². The second-order valence-corrected chi connectivity index (χ2v) is 13.5. The Bertz CT molecular complexity index is 805. The van der Waals surface area contributed by atoms with Gasteiger partial charge in [0.2, 0.25) is 8.32 Å². The molecule has 0 N–H and O–H groups in total. The number of benzene rings is 2. The maximum atomic E-state index is 12.3. The zero-order valence-electron chi connectivity index (χ0n) is 18.6. The summed E-state index contributed by atoms with van der Waals surface area (Å²) in [5.74, 6) is 0.530. The molecule has 4 heteroatoms. The highest BCUT2D eigenvalue weighted by Crippen LogP contribution is 2.40. The first-order valence-corrected chi connectivity index (χ1v) is 13.2. The molecule has 0 aliphatic rings. The number of carbonyl (C=O) groups is 1. The van der Waals surface area contributed by atoms with E-state index in [2.05, 4.69) is 64.2 Å². The van der Waals surface area contributed by atoms with Gasteiger partial charge in [0.25, 0.3) is 0 Å². The van der Waals surface area contributed by atoms with Gasteiger partial charge in [-0.1, -0.05) is 81.4 Å². The molecule has 0 saturated heterocycles. The van der Waals surface area contributed by atoms with Crippen LogP contribution in [0, 0.1) is 0 Å². The standard InChI is InChI=1S/C25H34O3Si/c1-7-27-24(26)19-22(20-14-10-8-11-15-20)18-23(21-16-12-9-13-17-21)28-29(5,6)25(2,3)4/h8-18,22H,7,19H2,1-6H3/b23-18-. The van der Waals surface area contributed by atoms with Gasteiger partial charge in [0.1, 0.15) is 5.76 Å². The Morgan fingerprint density at radius 1 is 1.00 bits per heavy atom. The predicted octanol–water partition coefficient (Wildman–Crippen LogP) is 6.79. The van der Waals surface area contributed by atoms with Gasteiger partial charge in [-0.05, 0) is 36.7 Å². The molecule has 0 heterocycles. The first kappa shape index (κ1) is 23.0. The average molecular weight is 411 g/mol. The highest BCUT2D eigenvalue weighted by molar-refractivity contribution is 6.74. The quantitative estimate of drug-likeness (QED) is 0.273. The third-order valence-corrected chi connectivity index (χ3v) is 9.84. The molecule has 0 fully saturated rings. The van der Waals surface area contributed by atoms with E-state index in [-0.39, 0.29) is 23.3 Å². The number of carbonyl (C=O) groups excluding carboxylic acids is 1. The largest absolute Gasteiger partial charge is 0.543 e. The van der Waals surface area contributed by atoms with Crippen LogP contribution in [-0.2, 0) is 14.0 Å². The second kappa shape index (κ2) is 9.93. The molecule has 0 aliphatic heterocycles. The van der Waals surface area contributed by atoms with Crippen LogP contribution in [0.3, 0.4) is 0 Å². The van der Waals surface area contributed by atoms with Crippen molar-refractivity contribution >= 4 is 20.0 Å². The molecule has 0 aromatic heterocycles. The van der Waals surface area contributed by atoms with E-state index in [4.69, 9.17) is 9.16 Å². The molecule has 0 saturated carbocycles. The number of hydrogen-bond acceptors (Lipinski definition) is 3. The van der Waals surface area contributed by atoms with E-state index in [0.29, 0.717) is 6.61 Å². The number of rotatable bonds is 8. The van der Waals surface area contributed by atoms with E-state index < -0.39 is 8.32 Å². The van der Waals surface area contributed by atoms with Crippen molar-refractivity contribution in [3.63, 3.8) is 0 Å². The van der Waals surface area contributed by atoms with Crippen LogP contribution in [0.1, 0.15) is 51.2 Å². The van der Waals surface area contributed by atoms with E-state index in [0.717, 1.165) is 16.9 Å². The zero-order chi connectivity index (χ0) is 21.5. The predicted molar refractivity (Wildman–Crippen MR) is 123 cm³/mol. The van der Waals surface area contributed by atoms with Crippen molar-refractivity contribution in [3.8, 4) is 0 Å². The topological polar surface area (TPSA) is 35.5 Å². The minimum atomic E-state index is -2.06. The van der Waals surface area contributed by atoms with Gasteiger partial charge in [0, 0.05) is 11.5 Å². The van der Waals surface area contributed by atoms with Gasteiger partial charge in [-0.2, -0.15) is 0 Å². The van der Waals surface area contributed by atoms with Crippen molar-refractivity contribution < 1.29 is 14.0 Å². The summed E-state index contributed by atoms with van der Waals surface area (Å²) in [6, 6.07) is 20.2. The van der Waals surface area contributed by atoms with Crippen LogP contribution in [0.2, 0.25) is 18.1 Å². The summed E-state index contributed by atoms with van der Waals surface area (Å²) in [5.41, 5.74) is 2.11. The Hall–Kier alpha value is -2.33. The fourth-order valence-electron chi connectivity index (χ4n) is 2.78. The second-order valence-electron chi connectivity index (χ2n) is 8.79. The number of esters is 1. The number of allylic oxidation sites excluding steroid dienone is 1. The van der Waals surface area contributed by atoms with Crippen molar-refractivity contribution in [2.24, 2.45) is 0 Å². The maximum Gasteiger partial charge on any atom is 0.306 e. The Morgan fingerprint density at radius 3 is 2.07 bits per heavy atom. The smallest absolute Gasteiger partial charge is 0.306 e. The molecule has 29 heavy (non-hydrogen) atoms. The lowest BCUT2D eigenvalue weighted by Gasteiger charge is -2.37. The van der Waals surface area contributed by atoms with Gasteiger partial charge < -0.3 is 9.16 Å². The van der Waals surface area contributed by atoms with E-state index in [9.17, 15) is 4.79 Å². The zero-order valence-corrected chi connectivity index (χ0v) is 19.6. The molecule has 0 amide bonds. The molecular formula is C25H34O3Si.